The highest BCUT2D eigenvalue weighted by atomic mass is 14.5. The van der Waals surface area contributed by atoms with E-state index in [1.807, 2.05) is 6.08 Å². The van der Waals surface area contributed by atoms with Crippen LogP contribution in [-0.2, 0) is 0 Å². The lowest BCUT2D eigenvalue weighted by Crippen LogP contribution is -2.02. The molecule has 0 aromatic carbocycles. The molecular weight excluding hydrogens is 144 g/mol. The number of allylic oxidation sites excluding steroid dienone is 3. The normalized spacial score (nSPS) is 18.4. The molecule has 1 aliphatic rings. The number of rotatable bonds is 5. The number of hydrogen-bond donors (Lipinski definition) is 0. The molecule has 0 spiro atoms. The zero-order valence-electron chi connectivity index (χ0n) is 8.03. The van der Waals surface area contributed by atoms with E-state index in [0.717, 1.165) is 12.8 Å². The highest BCUT2D eigenvalue weighted by Gasteiger charge is 2.43. The molecule has 0 aliphatic heterocycles. The summed E-state index contributed by atoms with van der Waals surface area (Å²) in [6.07, 6.45) is 6.66. The largest absolute Gasteiger partial charge is 0.0998 e. The van der Waals surface area contributed by atoms with Crippen molar-refractivity contribution in [3.05, 3.63) is 37.0 Å². The quantitative estimate of drug-likeness (QED) is 0.425. The molecule has 0 saturated heterocycles. The molecule has 0 amide bonds. The minimum absolute atomic E-state index is 0.370. The van der Waals surface area contributed by atoms with Crippen LogP contribution in [0.5, 0.6) is 0 Å². The van der Waals surface area contributed by atoms with E-state index in [1.54, 1.807) is 0 Å². The van der Waals surface area contributed by atoms with Crippen molar-refractivity contribution < 1.29 is 0 Å². The average molecular weight is 162 g/mol. The fourth-order valence-electron chi connectivity index (χ4n) is 1.58. The Morgan fingerprint density at radius 3 is 2.33 bits per heavy atom. The summed E-state index contributed by atoms with van der Waals surface area (Å²) < 4.78 is 0. The predicted molar refractivity (Wildman–Crippen MR) is 55.1 cm³/mol. The van der Waals surface area contributed by atoms with Crippen LogP contribution in [-0.4, -0.2) is 0 Å². The van der Waals surface area contributed by atoms with E-state index >= 15 is 0 Å². The van der Waals surface area contributed by atoms with Gasteiger partial charge >= 0.3 is 0 Å². The summed E-state index contributed by atoms with van der Waals surface area (Å²) >= 11 is 0. The van der Waals surface area contributed by atoms with E-state index in [2.05, 4.69) is 26.7 Å². The third-order valence-corrected chi connectivity index (χ3v) is 2.87. The summed E-state index contributed by atoms with van der Waals surface area (Å²) in [5.74, 6) is 0. The van der Waals surface area contributed by atoms with Crippen LogP contribution in [0.1, 0.15) is 32.6 Å². The Morgan fingerprint density at radius 2 is 2.00 bits per heavy atom. The van der Waals surface area contributed by atoms with Crippen molar-refractivity contribution >= 4 is 0 Å². The first-order chi connectivity index (χ1) is 5.64. The molecule has 0 unspecified atom stereocenters. The van der Waals surface area contributed by atoms with Crippen LogP contribution in [0.2, 0.25) is 0 Å². The van der Waals surface area contributed by atoms with Gasteiger partial charge in [0.15, 0.2) is 0 Å². The van der Waals surface area contributed by atoms with Gasteiger partial charge in [-0.2, -0.15) is 0 Å². The summed E-state index contributed by atoms with van der Waals surface area (Å²) in [4.78, 5) is 0. The molecular formula is C12H18. The number of hydrogen-bond acceptors (Lipinski definition) is 0. The van der Waals surface area contributed by atoms with Crippen molar-refractivity contribution in [3.63, 3.8) is 0 Å². The Labute approximate surface area is 75.7 Å². The van der Waals surface area contributed by atoms with Gasteiger partial charge in [-0.3, -0.25) is 0 Å². The van der Waals surface area contributed by atoms with E-state index in [9.17, 15) is 0 Å². The molecule has 1 aliphatic carbocycles. The van der Waals surface area contributed by atoms with Crippen LogP contribution in [0.15, 0.2) is 37.0 Å². The topological polar surface area (TPSA) is 0 Å². The SMILES string of the molecule is C=CC(=C)C1(CC(=C)CC)CC1. The van der Waals surface area contributed by atoms with Gasteiger partial charge < -0.3 is 0 Å². The average Bonchev–Trinajstić information content (AvgIpc) is 2.84. The lowest BCUT2D eigenvalue weighted by molar-refractivity contribution is 0.607. The second-order valence-electron chi connectivity index (χ2n) is 3.79. The van der Waals surface area contributed by atoms with Gasteiger partial charge in [-0.25, -0.2) is 0 Å². The fourth-order valence-corrected chi connectivity index (χ4v) is 1.58. The fraction of sp³-hybridized carbons (Fsp3) is 0.500. The van der Waals surface area contributed by atoms with E-state index < -0.39 is 0 Å². The second kappa shape index (κ2) is 3.30. The molecule has 0 bridgehead atoms. The molecule has 12 heavy (non-hydrogen) atoms. The molecule has 0 heterocycles. The third-order valence-electron chi connectivity index (χ3n) is 2.87. The van der Waals surface area contributed by atoms with Crippen LogP contribution >= 0.6 is 0 Å². The molecule has 0 N–H and O–H groups in total. The first-order valence-corrected chi connectivity index (χ1v) is 4.63. The maximum Gasteiger partial charge on any atom is -0.00154 e. The van der Waals surface area contributed by atoms with Gasteiger partial charge in [-0.15, -0.1) is 0 Å². The van der Waals surface area contributed by atoms with Crippen molar-refractivity contribution in [2.24, 2.45) is 5.41 Å². The monoisotopic (exact) mass is 162 g/mol. The van der Waals surface area contributed by atoms with Gasteiger partial charge in [0.25, 0.3) is 0 Å². The third kappa shape index (κ3) is 1.69. The molecule has 0 radical (unpaired) electrons. The maximum absolute atomic E-state index is 4.04. The zero-order chi connectivity index (χ0) is 9.19. The molecule has 1 rings (SSSR count). The lowest BCUT2D eigenvalue weighted by atomic mass is 9.89. The minimum atomic E-state index is 0.370. The Morgan fingerprint density at radius 1 is 1.42 bits per heavy atom. The molecule has 0 heteroatoms. The maximum atomic E-state index is 4.04. The minimum Gasteiger partial charge on any atom is -0.0998 e. The smallest absolute Gasteiger partial charge is 0.00154 e. The van der Waals surface area contributed by atoms with Gasteiger partial charge in [-0.1, -0.05) is 38.3 Å². The summed E-state index contributed by atoms with van der Waals surface area (Å²) in [5, 5.41) is 0. The van der Waals surface area contributed by atoms with Crippen LogP contribution in [0.4, 0.5) is 0 Å². The summed E-state index contributed by atoms with van der Waals surface area (Å²) in [5.41, 5.74) is 2.92. The highest BCUT2D eigenvalue weighted by molar-refractivity contribution is 5.30. The Hall–Kier alpha value is -0.780. The van der Waals surface area contributed by atoms with Crippen molar-refractivity contribution in [1.29, 1.82) is 0 Å². The first-order valence-electron chi connectivity index (χ1n) is 4.63. The molecule has 66 valence electrons. The van der Waals surface area contributed by atoms with Crippen molar-refractivity contribution in [1.82, 2.24) is 0 Å². The van der Waals surface area contributed by atoms with E-state index in [-0.39, 0.29) is 0 Å². The molecule has 0 aromatic heterocycles. The van der Waals surface area contributed by atoms with Crippen molar-refractivity contribution in [3.8, 4) is 0 Å². The first kappa shape index (κ1) is 9.31. The van der Waals surface area contributed by atoms with E-state index in [0.29, 0.717) is 5.41 Å². The van der Waals surface area contributed by atoms with Crippen LogP contribution < -0.4 is 0 Å². The van der Waals surface area contributed by atoms with E-state index in [4.69, 9.17) is 0 Å². The van der Waals surface area contributed by atoms with Crippen molar-refractivity contribution in [2.75, 3.05) is 0 Å². The van der Waals surface area contributed by atoms with Gasteiger partial charge in [0, 0.05) is 0 Å². The predicted octanol–water partition coefficient (Wildman–Crippen LogP) is 3.87. The Balaban J connectivity index is 2.55. The highest BCUT2D eigenvalue weighted by Crippen LogP contribution is 2.56. The summed E-state index contributed by atoms with van der Waals surface area (Å²) in [6.45, 7) is 14.0. The standard InChI is InChI=1S/C12H18/c1-5-10(3)9-12(7-8-12)11(4)6-2/h6H,2-5,7-9H2,1H3. The van der Waals surface area contributed by atoms with Gasteiger partial charge in [0.05, 0.1) is 0 Å². The second-order valence-corrected chi connectivity index (χ2v) is 3.79. The Bertz CT molecular complexity index is 216. The molecule has 0 atom stereocenters. The zero-order valence-corrected chi connectivity index (χ0v) is 8.03. The summed E-state index contributed by atoms with van der Waals surface area (Å²) in [7, 11) is 0. The lowest BCUT2D eigenvalue weighted by Gasteiger charge is -2.16. The molecule has 0 aromatic rings. The van der Waals surface area contributed by atoms with E-state index in [1.165, 1.54) is 24.0 Å². The molecule has 1 fully saturated rings. The van der Waals surface area contributed by atoms with Crippen LogP contribution in [0.25, 0.3) is 0 Å². The Kier molecular flexibility index (Phi) is 2.56. The van der Waals surface area contributed by atoms with Crippen molar-refractivity contribution in [2.45, 2.75) is 32.6 Å². The van der Waals surface area contributed by atoms with Gasteiger partial charge in [0.1, 0.15) is 0 Å². The van der Waals surface area contributed by atoms with Gasteiger partial charge in [0.2, 0.25) is 0 Å². The van der Waals surface area contributed by atoms with Gasteiger partial charge in [-0.05, 0) is 36.7 Å². The molecule has 1 saturated carbocycles. The molecule has 0 nitrogen and oxygen atoms in total. The van der Waals surface area contributed by atoms with Crippen LogP contribution in [0.3, 0.4) is 0 Å². The summed E-state index contributed by atoms with van der Waals surface area (Å²) in [6, 6.07) is 0. The van der Waals surface area contributed by atoms with Crippen LogP contribution in [0, 0.1) is 5.41 Å².